The lowest BCUT2D eigenvalue weighted by molar-refractivity contribution is -0.131. The Morgan fingerprint density at radius 1 is 0.643 bits per heavy atom. The Morgan fingerprint density at radius 2 is 1.07 bits per heavy atom. The van der Waals surface area contributed by atoms with Crippen molar-refractivity contribution in [1.29, 1.82) is 0 Å². The molecule has 0 bridgehead atoms. The topological polar surface area (TPSA) is 78.4 Å². The molecule has 0 aliphatic rings. The van der Waals surface area contributed by atoms with Crippen LogP contribution in [-0.4, -0.2) is 21.9 Å². The van der Waals surface area contributed by atoms with E-state index in [-0.39, 0.29) is 0 Å². The number of fused-ring (bicyclic) bond motifs is 2. The highest BCUT2D eigenvalue weighted by Crippen LogP contribution is 2.24. The molecule has 0 aliphatic carbocycles. The first-order valence-electron chi connectivity index (χ1n) is 8.50. The van der Waals surface area contributed by atoms with Gasteiger partial charge in [0.1, 0.15) is 11.0 Å². The summed E-state index contributed by atoms with van der Waals surface area (Å²) >= 11 is 0. The molecule has 6 heteroatoms. The molecule has 0 saturated heterocycles. The first-order chi connectivity index (χ1) is 13.7. The molecule has 0 amide bonds. The molecule has 4 aromatic rings. The molecule has 0 spiro atoms. The van der Waals surface area contributed by atoms with Gasteiger partial charge in [0.2, 0.25) is 0 Å². The predicted octanol–water partition coefficient (Wildman–Crippen LogP) is 3.85. The molecule has 2 aromatic heterocycles. The number of pyridine rings is 2. The third kappa shape index (κ3) is 3.71. The molecule has 136 valence electrons. The van der Waals surface area contributed by atoms with Gasteiger partial charge in [-0.05, 0) is 24.3 Å². The Kier molecular flexibility index (Phi) is 4.76. The second-order valence-electron chi connectivity index (χ2n) is 5.84. The molecule has 2 aromatic carbocycles. The molecule has 0 radical (unpaired) electrons. The zero-order valence-electron chi connectivity index (χ0n) is 14.6. The van der Waals surface area contributed by atoms with E-state index in [2.05, 4.69) is 9.97 Å². The Balaban J connectivity index is 1.46. The van der Waals surface area contributed by atoms with E-state index < -0.39 is 11.9 Å². The molecular formula is C22H14N2O4. The molecule has 0 atom stereocenters. The summed E-state index contributed by atoms with van der Waals surface area (Å²) in [5, 5.41) is 1.69. The molecule has 0 saturated carbocycles. The van der Waals surface area contributed by atoms with Crippen LogP contribution < -0.4 is 9.47 Å². The van der Waals surface area contributed by atoms with E-state index in [9.17, 15) is 9.59 Å². The van der Waals surface area contributed by atoms with E-state index in [1.165, 1.54) is 0 Å². The van der Waals surface area contributed by atoms with Crippen molar-refractivity contribution in [2.45, 2.75) is 0 Å². The average molecular weight is 370 g/mol. The number of para-hydroxylation sites is 2. The van der Waals surface area contributed by atoms with E-state index >= 15 is 0 Å². The minimum atomic E-state index is -0.703. The van der Waals surface area contributed by atoms with Crippen molar-refractivity contribution in [2.24, 2.45) is 0 Å². The predicted molar refractivity (Wildman–Crippen MR) is 104 cm³/mol. The SMILES string of the molecule is O=C(/C=C/C(=O)Oc1cccc2cccnc12)Oc1cccc2cccnc12. The van der Waals surface area contributed by atoms with Gasteiger partial charge in [0.25, 0.3) is 0 Å². The Bertz CT molecular complexity index is 1110. The lowest BCUT2D eigenvalue weighted by atomic mass is 10.2. The van der Waals surface area contributed by atoms with E-state index in [0.29, 0.717) is 22.5 Å². The summed E-state index contributed by atoms with van der Waals surface area (Å²) in [6.45, 7) is 0. The fourth-order valence-electron chi connectivity index (χ4n) is 2.74. The van der Waals surface area contributed by atoms with Crippen LogP contribution in [0.2, 0.25) is 0 Å². The van der Waals surface area contributed by atoms with Crippen LogP contribution in [0.3, 0.4) is 0 Å². The second kappa shape index (κ2) is 7.67. The van der Waals surface area contributed by atoms with Crippen LogP contribution in [-0.2, 0) is 9.59 Å². The Labute approximate surface area is 160 Å². The third-order valence-electron chi connectivity index (χ3n) is 3.97. The number of esters is 2. The van der Waals surface area contributed by atoms with Gasteiger partial charge in [-0.1, -0.05) is 36.4 Å². The number of carbonyl (C=O) groups is 2. The van der Waals surface area contributed by atoms with Crippen LogP contribution in [0.4, 0.5) is 0 Å². The Hall–Kier alpha value is -4.06. The number of hydrogen-bond acceptors (Lipinski definition) is 6. The molecule has 0 N–H and O–H groups in total. The normalized spacial score (nSPS) is 11.0. The summed E-state index contributed by atoms with van der Waals surface area (Å²) in [6.07, 6.45) is 5.27. The molecule has 6 nitrogen and oxygen atoms in total. The van der Waals surface area contributed by atoms with Gasteiger partial charge in [0.05, 0.1) is 0 Å². The van der Waals surface area contributed by atoms with E-state index in [0.717, 1.165) is 22.9 Å². The Morgan fingerprint density at radius 3 is 1.54 bits per heavy atom. The summed E-state index contributed by atoms with van der Waals surface area (Å²) in [5.74, 6) is -0.768. The van der Waals surface area contributed by atoms with Crippen molar-refractivity contribution in [3.05, 3.63) is 85.2 Å². The first-order valence-corrected chi connectivity index (χ1v) is 8.50. The summed E-state index contributed by atoms with van der Waals surface area (Å²) < 4.78 is 10.6. The molecule has 0 fully saturated rings. The number of nitrogens with zero attached hydrogens (tertiary/aromatic N) is 2. The van der Waals surface area contributed by atoms with Gasteiger partial charge in [-0.3, -0.25) is 9.97 Å². The van der Waals surface area contributed by atoms with Gasteiger partial charge in [-0.25, -0.2) is 9.59 Å². The van der Waals surface area contributed by atoms with E-state index in [4.69, 9.17) is 9.47 Å². The smallest absolute Gasteiger partial charge is 0.336 e. The van der Waals surface area contributed by atoms with Gasteiger partial charge < -0.3 is 9.47 Å². The van der Waals surface area contributed by atoms with Crippen molar-refractivity contribution in [3.63, 3.8) is 0 Å². The van der Waals surface area contributed by atoms with Gasteiger partial charge in [-0.15, -0.1) is 0 Å². The molecule has 4 rings (SSSR count). The monoisotopic (exact) mass is 370 g/mol. The molecule has 0 aliphatic heterocycles. The number of benzene rings is 2. The number of aromatic nitrogens is 2. The van der Waals surface area contributed by atoms with Crippen molar-refractivity contribution in [1.82, 2.24) is 9.97 Å². The lowest BCUT2D eigenvalue weighted by Gasteiger charge is -2.05. The highest BCUT2D eigenvalue weighted by atomic mass is 16.5. The maximum absolute atomic E-state index is 12.1. The van der Waals surface area contributed by atoms with Crippen molar-refractivity contribution < 1.29 is 19.1 Å². The van der Waals surface area contributed by atoms with Crippen LogP contribution in [0.1, 0.15) is 0 Å². The van der Waals surface area contributed by atoms with Crippen molar-refractivity contribution in [3.8, 4) is 11.5 Å². The molecule has 28 heavy (non-hydrogen) atoms. The van der Waals surface area contributed by atoms with E-state index in [1.54, 1.807) is 48.8 Å². The fourth-order valence-corrected chi connectivity index (χ4v) is 2.74. The first kappa shape index (κ1) is 17.4. The third-order valence-corrected chi connectivity index (χ3v) is 3.97. The van der Waals surface area contributed by atoms with Gasteiger partial charge in [0.15, 0.2) is 11.5 Å². The summed E-state index contributed by atoms with van der Waals surface area (Å²) in [7, 11) is 0. The van der Waals surface area contributed by atoms with Crippen LogP contribution in [0.5, 0.6) is 11.5 Å². The highest BCUT2D eigenvalue weighted by Gasteiger charge is 2.09. The molecular weight excluding hydrogens is 356 g/mol. The van der Waals surface area contributed by atoms with E-state index in [1.807, 2.05) is 24.3 Å². The number of carbonyl (C=O) groups excluding carboxylic acids is 2. The maximum Gasteiger partial charge on any atom is 0.336 e. The number of hydrogen-bond donors (Lipinski definition) is 0. The quantitative estimate of drug-likeness (QED) is 0.308. The van der Waals surface area contributed by atoms with Crippen LogP contribution in [0.25, 0.3) is 21.8 Å². The minimum absolute atomic E-state index is 0.319. The largest absolute Gasteiger partial charge is 0.421 e. The second-order valence-corrected chi connectivity index (χ2v) is 5.84. The maximum atomic E-state index is 12.1. The standard InChI is InChI=1S/C22H14N2O4/c25-19(27-17-9-1-5-15-7-3-13-23-21(15)17)11-12-20(26)28-18-10-2-6-16-8-4-14-24-22(16)18/h1-14H/b12-11+. The fraction of sp³-hybridized carbons (Fsp3) is 0. The highest BCUT2D eigenvalue weighted by molar-refractivity contribution is 5.96. The van der Waals surface area contributed by atoms with Gasteiger partial charge in [0, 0.05) is 35.3 Å². The summed E-state index contributed by atoms with van der Waals surface area (Å²) in [6, 6.07) is 17.9. The van der Waals surface area contributed by atoms with Crippen LogP contribution in [0.15, 0.2) is 85.2 Å². The zero-order valence-corrected chi connectivity index (χ0v) is 14.6. The molecule has 0 unspecified atom stereocenters. The summed E-state index contributed by atoms with van der Waals surface area (Å²) in [4.78, 5) is 32.6. The van der Waals surface area contributed by atoms with Gasteiger partial charge in [-0.2, -0.15) is 0 Å². The van der Waals surface area contributed by atoms with Crippen LogP contribution in [0, 0.1) is 0 Å². The average Bonchev–Trinajstić information content (AvgIpc) is 2.73. The number of ether oxygens (including phenoxy) is 2. The van der Waals surface area contributed by atoms with Gasteiger partial charge >= 0.3 is 11.9 Å². The minimum Gasteiger partial charge on any atom is -0.421 e. The van der Waals surface area contributed by atoms with Crippen LogP contribution >= 0.6 is 0 Å². The van der Waals surface area contributed by atoms with Crippen molar-refractivity contribution in [2.75, 3.05) is 0 Å². The van der Waals surface area contributed by atoms with Crippen molar-refractivity contribution >= 4 is 33.7 Å². The number of rotatable bonds is 4. The zero-order chi connectivity index (χ0) is 19.3. The lowest BCUT2D eigenvalue weighted by Crippen LogP contribution is -2.09. The molecule has 2 heterocycles. The summed E-state index contributed by atoms with van der Waals surface area (Å²) in [5.41, 5.74) is 1.13.